The molecule has 0 amide bonds. The van der Waals surface area contributed by atoms with E-state index in [1.54, 1.807) is 0 Å². The summed E-state index contributed by atoms with van der Waals surface area (Å²) in [4.78, 5) is 4.62. The summed E-state index contributed by atoms with van der Waals surface area (Å²) in [6.45, 7) is 4.44. The van der Waals surface area contributed by atoms with E-state index in [9.17, 15) is 0 Å². The Bertz CT molecular complexity index is 361. The molecule has 3 atom stereocenters. The van der Waals surface area contributed by atoms with Gasteiger partial charge in [0.15, 0.2) is 0 Å². The van der Waals surface area contributed by atoms with Gasteiger partial charge >= 0.3 is 0 Å². The largest absolute Gasteiger partial charge is 0.316 e. The number of nitrogens with one attached hydrogen (secondary N) is 1. The van der Waals surface area contributed by atoms with E-state index in [0.29, 0.717) is 6.04 Å². The van der Waals surface area contributed by atoms with Gasteiger partial charge in [-0.3, -0.25) is 0 Å². The maximum atomic E-state index is 4.62. The van der Waals surface area contributed by atoms with Crippen LogP contribution in [0.15, 0.2) is 5.38 Å². The summed E-state index contributed by atoms with van der Waals surface area (Å²) < 4.78 is 0. The Morgan fingerprint density at radius 1 is 1.44 bits per heavy atom. The Morgan fingerprint density at radius 2 is 2.22 bits per heavy atom. The first kappa shape index (κ1) is 14.0. The predicted octanol–water partition coefficient (Wildman–Crippen LogP) is 3.80. The summed E-state index contributed by atoms with van der Waals surface area (Å²) in [5, 5.41) is 7.03. The fourth-order valence-corrected chi connectivity index (χ4v) is 4.26. The van der Waals surface area contributed by atoms with E-state index in [0.717, 1.165) is 18.3 Å². The monoisotopic (exact) mass is 266 g/mol. The minimum atomic E-state index is 0.612. The van der Waals surface area contributed by atoms with Gasteiger partial charge in [-0.15, -0.1) is 11.3 Å². The Labute approximate surface area is 115 Å². The fraction of sp³-hybridized carbons (Fsp3) is 0.800. The van der Waals surface area contributed by atoms with Crippen molar-refractivity contribution < 1.29 is 0 Å². The number of rotatable bonds is 5. The van der Waals surface area contributed by atoms with E-state index in [4.69, 9.17) is 0 Å². The normalized spacial score (nSPS) is 26.2. The van der Waals surface area contributed by atoms with Crippen LogP contribution in [0.3, 0.4) is 0 Å². The van der Waals surface area contributed by atoms with Crippen LogP contribution in [0.4, 0.5) is 0 Å². The lowest BCUT2D eigenvalue weighted by Crippen LogP contribution is -2.40. The Hall–Kier alpha value is -0.410. The fourth-order valence-electron chi connectivity index (χ4n) is 3.43. The van der Waals surface area contributed by atoms with Crippen LogP contribution < -0.4 is 5.32 Å². The summed E-state index contributed by atoms with van der Waals surface area (Å²) >= 11 is 1.81. The van der Waals surface area contributed by atoms with Crippen LogP contribution in [0.1, 0.15) is 49.7 Å². The van der Waals surface area contributed by atoms with Gasteiger partial charge in [0.05, 0.1) is 5.01 Å². The van der Waals surface area contributed by atoms with Gasteiger partial charge in [0.25, 0.3) is 0 Å². The highest BCUT2D eigenvalue weighted by Gasteiger charge is 2.30. The highest BCUT2D eigenvalue weighted by atomic mass is 32.1. The molecule has 2 nitrogen and oxygen atoms in total. The number of likely N-dealkylation sites (N-methyl/N-ethyl adjacent to an activating group) is 1. The molecule has 0 aromatic carbocycles. The Balaban J connectivity index is 2.02. The number of nitrogens with zero attached hydrogens (tertiary/aromatic N) is 1. The molecule has 102 valence electrons. The zero-order chi connectivity index (χ0) is 13.0. The Morgan fingerprint density at radius 3 is 2.83 bits per heavy atom. The van der Waals surface area contributed by atoms with Crippen LogP contribution in [0.25, 0.3) is 0 Å². The summed E-state index contributed by atoms with van der Waals surface area (Å²) in [6.07, 6.45) is 8.11. The molecule has 3 unspecified atom stereocenters. The first-order chi connectivity index (χ1) is 8.74. The maximum Gasteiger partial charge on any atom is 0.0943 e. The predicted molar refractivity (Wildman–Crippen MR) is 79.1 cm³/mol. The van der Waals surface area contributed by atoms with E-state index in [1.807, 2.05) is 11.3 Å². The van der Waals surface area contributed by atoms with Gasteiger partial charge in [-0.25, -0.2) is 4.98 Å². The quantitative estimate of drug-likeness (QED) is 0.877. The van der Waals surface area contributed by atoms with Gasteiger partial charge in [-0.05, 0) is 32.2 Å². The van der Waals surface area contributed by atoms with E-state index in [-0.39, 0.29) is 0 Å². The summed E-state index contributed by atoms with van der Waals surface area (Å²) in [7, 11) is 2.12. The van der Waals surface area contributed by atoms with Gasteiger partial charge in [-0.2, -0.15) is 0 Å². The van der Waals surface area contributed by atoms with Gasteiger partial charge < -0.3 is 5.32 Å². The van der Waals surface area contributed by atoms with Crippen molar-refractivity contribution in [3.63, 3.8) is 0 Å². The Kier molecular flexibility index (Phi) is 5.19. The second kappa shape index (κ2) is 6.67. The molecule has 0 bridgehead atoms. The number of aryl methyl sites for hydroxylation is 1. The number of hydrogen-bond donors (Lipinski definition) is 1. The van der Waals surface area contributed by atoms with E-state index in [1.165, 1.54) is 42.8 Å². The number of aromatic nitrogens is 1. The molecule has 0 radical (unpaired) electrons. The molecule has 1 aromatic rings. The number of thiazole rings is 1. The molecule has 1 saturated carbocycles. The molecule has 1 aromatic heterocycles. The van der Waals surface area contributed by atoms with Gasteiger partial charge in [0.2, 0.25) is 0 Å². The van der Waals surface area contributed by atoms with E-state index < -0.39 is 0 Å². The molecule has 1 aliphatic rings. The summed E-state index contributed by atoms with van der Waals surface area (Å²) in [6, 6.07) is 0.612. The lowest BCUT2D eigenvalue weighted by Gasteiger charge is -2.36. The lowest BCUT2D eigenvalue weighted by atomic mass is 9.73. The van der Waals surface area contributed by atoms with Gasteiger partial charge in [-0.1, -0.05) is 32.6 Å². The molecule has 1 N–H and O–H groups in total. The smallest absolute Gasteiger partial charge is 0.0943 e. The van der Waals surface area contributed by atoms with Crippen LogP contribution in [-0.4, -0.2) is 18.1 Å². The third-order valence-corrected chi connectivity index (χ3v) is 5.43. The van der Waals surface area contributed by atoms with Crippen LogP contribution in [0.5, 0.6) is 0 Å². The first-order valence-corrected chi connectivity index (χ1v) is 8.20. The molecule has 0 spiro atoms. The van der Waals surface area contributed by atoms with Crippen molar-refractivity contribution >= 4 is 11.3 Å². The molecular weight excluding hydrogens is 240 g/mol. The minimum absolute atomic E-state index is 0.612. The van der Waals surface area contributed by atoms with Crippen molar-refractivity contribution in [2.45, 2.75) is 58.4 Å². The standard InChI is InChI=1S/C15H26N2S/c1-4-12-7-5-6-8-13(12)14(16-3)9-15-17-11(2)10-18-15/h10,12-14,16H,4-9H2,1-3H3. The average molecular weight is 266 g/mol. The third-order valence-electron chi connectivity index (χ3n) is 4.44. The zero-order valence-electron chi connectivity index (χ0n) is 11.9. The molecule has 1 fully saturated rings. The maximum absolute atomic E-state index is 4.62. The van der Waals surface area contributed by atoms with Crippen molar-refractivity contribution in [1.29, 1.82) is 0 Å². The molecular formula is C15H26N2S. The molecule has 3 heteroatoms. The van der Waals surface area contributed by atoms with Crippen molar-refractivity contribution in [3.05, 3.63) is 16.1 Å². The molecule has 18 heavy (non-hydrogen) atoms. The van der Waals surface area contributed by atoms with Crippen LogP contribution >= 0.6 is 11.3 Å². The molecule has 2 rings (SSSR count). The van der Waals surface area contributed by atoms with Crippen LogP contribution in [0, 0.1) is 18.8 Å². The summed E-state index contributed by atoms with van der Waals surface area (Å²) in [5.74, 6) is 1.76. The molecule has 1 aliphatic carbocycles. The first-order valence-electron chi connectivity index (χ1n) is 7.32. The van der Waals surface area contributed by atoms with Gasteiger partial charge in [0.1, 0.15) is 0 Å². The highest BCUT2D eigenvalue weighted by molar-refractivity contribution is 7.09. The van der Waals surface area contributed by atoms with Crippen LogP contribution in [-0.2, 0) is 6.42 Å². The van der Waals surface area contributed by atoms with Crippen molar-refractivity contribution in [2.75, 3.05) is 7.05 Å². The van der Waals surface area contributed by atoms with Crippen LogP contribution in [0.2, 0.25) is 0 Å². The third kappa shape index (κ3) is 3.33. The zero-order valence-corrected chi connectivity index (χ0v) is 12.7. The van der Waals surface area contributed by atoms with Gasteiger partial charge in [0, 0.05) is 23.5 Å². The van der Waals surface area contributed by atoms with E-state index >= 15 is 0 Å². The average Bonchev–Trinajstić information content (AvgIpc) is 2.81. The second-order valence-electron chi connectivity index (χ2n) is 5.60. The highest BCUT2D eigenvalue weighted by Crippen LogP contribution is 2.35. The summed E-state index contributed by atoms with van der Waals surface area (Å²) in [5.41, 5.74) is 1.17. The van der Waals surface area contributed by atoms with Crippen molar-refractivity contribution in [2.24, 2.45) is 11.8 Å². The molecule has 0 saturated heterocycles. The SMILES string of the molecule is CCC1CCCCC1C(Cc1nc(C)cs1)NC. The van der Waals surface area contributed by atoms with E-state index in [2.05, 4.69) is 36.6 Å². The van der Waals surface area contributed by atoms with Crippen molar-refractivity contribution in [1.82, 2.24) is 10.3 Å². The molecule has 0 aliphatic heterocycles. The minimum Gasteiger partial charge on any atom is -0.316 e. The molecule has 1 heterocycles. The number of hydrogen-bond acceptors (Lipinski definition) is 3. The lowest BCUT2D eigenvalue weighted by molar-refractivity contribution is 0.179. The topological polar surface area (TPSA) is 24.9 Å². The second-order valence-corrected chi connectivity index (χ2v) is 6.54. The van der Waals surface area contributed by atoms with Crippen molar-refractivity contribution in [3.8, 4) is 0 Å².